The number of aryl methyl sites for hydroxylation is 1. The zero-order valence-electron chi connectivity index (χ0n) is 15.9. The van der Waals surface area contributed by atoms with Crippen LogP contribution in [0.2, 0.25) is 15.1 Å². The Balaban J connectivity index is 2.28. The number of alkyl halides is 2. The quantitative estimate of drug-likeness (QED) is 0.565. The van der Waals surface area contributed by atoms with Crippen LogP contribution in [-0.4, -0.2) is 35.0 Å². The van der Waals surface area contributed by atoms with Gasteiger partial charge in [-0.1, -0.05) is 34.8 Å². The van der Waals surface area contributed by atoms with Crippen molar-refractivity contribution in [1.82, 2.24) is 14.9 Å². The Morgan fingerprint density at radius 3 is 2.39 bits per heavy atom. The molecule has 3 aromatic rings. The predicted octanol–water partition coefficient (Wildman–Crippen LogP) is 4.55. The monoisotopic (exact) mass is 493 g/mol. The molecule has 6 nitrogen and oxygen atoms in total. The van der Waals surface area contributed by atoms with E-state index in [9.17, 15) is 22.8 Å². The summed E-state index contributed by atoms with van der Waals surface area (Å²) >= 11 is 18.7. The maximum absolute atomic E-state index is 13.9. The summed E-state index contributed by atoms with van der Waals surface area (Å²) in [7, 11) is 1.05. The third-order valence-electron chi connectivity index (χ3n) is 4.29. The van der Waals surface area contributed by atoms with E-state index in [1.807, 2.05) is 5.32 Å². The van der Waals surface area contributed by atoms with Gasteiger partial charge in [-0.15, -0.1) is 0 Å². The number of carbonyl (C=O) groups excluding carboxylic acids is 1. The smallest absolute Gasteiger partial charge is 0.357 e. The second-order valence-corrected chi connectivity index (χ2v) is 7.63. The van der Waals surface area contributed by atoms with E-state index in [0.717, 1.165) is 25.4 Å². The fourth-order valence-electron chi connectivity index (χ4n) is 2.96. The predicted molar refractivity (Wildman–Crippen MR) is 112 cm³/mol. The zero-order valence-corrected chi connectivity index (χ0v) is 18.2. The molecule has 0 atom stereocenters. The van der Waals surface area contributed by atoms with Crippen LogP contribution >= 0.6 is 34.8 Å². The molecule has 0 saturated carbocycles. The van der Waals surface area contributed by atoms with Gasteiger partial charge >= 0.3 is 5.92 Å². The zero-order chi connectivity index (χ0) is 23.1. The van der Waals surface area contributed by atoms with Crippen LogP contribution in [0.15, 0.2) is 29.2 Å². The lowest BCUT2D eigenvalue weighted by Crippen LogP contribution is -2.42. The highest BCUT2D eigenvalue weighted by molar-refractivity contribution is 6.38. The number of nitrogens with one attached hydrogen (secondary N) is 1. The summed E-state index contributed by atoms with van der Waals surface area (Å²) in [6.07, 6.45) is 1.08. The van der Waals surface area contributed by atoms with Gasteiger partial charge in [-0.3, -0.25) is 9.59 Å². The molecular formula is C19H13Cl3F3N3O3. The number of fused-ring (bicyclic) bond motifs is 1. The lowest BCUT2D eigenvalue weighted by molar-refractivity contribution is -0.149. The molecular weight excluding hydrogens is 482 g/mol. The summed E-state index contributed by atoms with van der Waals surface area (Å²) in [4.78, 5) is 27.8. The summed E-state index contributed by atoms with van der Waals surface area (Å²) < 4.78 is 47.8. The highest BCUT2D eigenvalue weighted by Gasteiger charge is 2.39. The summed E-state index contributed by atoms with van der Waals surface area (Å²) in [5, 5.41) is 1.36. The fourth-order valence-corrected chi connectivity index (χ4v) is 3.82. The molecule has 2 heterocycles. The van der Waals surface area contributed by atoms with Crippen LogP contribution in [0.3, 0.4) is 0 Å². The average molecular weight is 495 g/mol. The molecule has 3 rings (SSSR count). The van der Waals surface area contributed by atoms with Gasteiger partial charge in [0.15, 0.2) is 12.0 Å². The molecule has 0 saturated heterocycles. The van der Waals surface area contributed by atoms with E-state index in [1.54, 1.807) is 6.92 Å². The highest BCUT2D eigenvalue weighted by atomic mass is 35.5. The molecule has 0 unspecified atom stereocenters. The van der Waals surface area contributed by atoms with Gasteiger partial charge in [-0.2, -0.15) is 8.78 Å². The van der Waals surface area contributed by atoms with Crippen LogP contribution in [0.5, 0.6) is 5.88 Å². The summed E-state index contributed by atoms with van der Waals surface area (Å²) in [6.45, 7) is 0.176. The molecule has 31 heavy (non-hydrogen) atoms. The summed E-state index contributed by atoms with van der Waals surface area (Å²) in [5.74, 6) is -6.61. The van der Waals surface area contributed by atoms with Crippen molar-refractivity contribution >= 4 is 51.6 Å². The van der Waals surface area contributed by atoms with Crippen molar-refractivity contribution in [3.05, 3.63) is 61.2 Å². The first-order valence-electron chi connectivity index (χ1n) is 8.56. The van der Waals surface area contributed by atoms with Crippen molar-refractivity contribution in [1.29, 1.82) is 0 Å². The standard InChI is InChI=1S/C19H13Cl3F3N3O3/c1-8-3-13(29)14-16(28(8)15-10(20)4-9(23)5-11(15)21)12(22)6-27-17(14)31-7-19(24,25)18(30)26-2/h3-6H,7H2,1-2H3,(H,26,30). The molecule has 1 N–H and O–H groups in total. The number of aromatic nitrogens is 2. The van der Waals surface area contributed by atoms with Gasteiger partial charge in [0.05, 0.1) is 32.5 Å². The van der Waals surface area contributed by atoms with Gasteiger partial charge in [0.2, 0.25) is 5.88 Å². The van der Waals surface area contributed by atoms with Crippen molar-refractivity contribution in [3.63, 3.8) is 0 Å². The van der Waals surface area contributed by atoms with Gasteiger partial charge in [0, 0.05) is 18.8 Å². The minimum atomic E-state index is -3.88. The Hall–Kier alpha value is -2.49. The molecule has 0 aliphatic heterocycles. The van der Waals surface area contributed by atoms with Crippen LogP contribution in [-0.2, 0) is 4.79 Å². The van der Waals surface area contributed by atoms with Gasteiger partial charge in [0.25, 0.3) is 5.91 Å². The first kappa shape index (κ1) is 23.2. The SMILES string of the molecule is CNC(=O)C(F)(F)COc1ncc(Cl)c2c1c(=O)cc(C)n2-c1c(Cl)cc(F)cc1Cl. The molecule has 0 aliphatic carbocycles. The van der Waals surface area contributed by atoms with Crippen molar-refractivity contribution < 1.29 is 22.7 Å². The molecule has 1 aromatic carbocycles. The third kappa shape index (κ3) is 4.30. The maximum atomic E-state index is 13.9. The van der Waals surface area contributed by atoms with Crippen LogP contribution in [0.1, 0.15) is 5.69 Å². The molecule has 0 fully saturated rings. The Morgan fingerprint density at radius 2 is 1.81 bits per heavy atom. The second kappa shape index (κ2) is 8.57. The number of ether oxygens (including phenoxy) is 1. The van der Waals surface area contributed by atoms with Crippen LogP contribution < -0.4 is 15.5 Å². The first-order valence-corrected chi connectivity index (χ1v) is 9.70. The Morgan fingerprint density at radius 1 is 1.19 bits per heavy atom. The number of benzene rings is 1. The van der Waals surface area contributed by atoms with Crippen LogP contribution in [0, 0.1) is 12.7 Å². The average Bonchev–Trinajstić information content (AvgIpc) is 2.68. The molecule has 0 radical (unpaired) electrons. The highest BCUT2D eigenvalue weighted by Crippen LogP contribution is 2.36. The number of pyridine rings is 2. The topological polar surface area (TPSA) is 73.2 Å². The van der Waals surface area contributed by atoms with Gasteiger partial charge < -0.3 is 14.6 Å². The lowest BCUT2D eigenvalue weighted by Gasteiger charge is -2.20. The van der Waals surface area contributed by atoms with Crippen molar-refractivity contribution in [2.45, 2.75) is 12.8 Å². The lowest BCUT2D eigenvalue weighted by atomic mass is 10.2. The van der Waals surface area contributed by atoms with E-state index in [-0.39, 0.29) is 31.7 Å². The number of hydrogen-bond acceptors (Lipinski definition) is 4. The van der Waals surface area contributed by atoms with Crippen LogP contribution in [0.4, 0.5) is 13.2 Å². The summed E-state index contributed by atoms with van der Waals surface area (Å²) in [6, 6.07) is 3.20. The third-order valence-corrected chi connectivity index (χ3v) is 5.14. The largest absolute Gasteiger partial charge is 0.470 e. The molecule has 12 heteroatoms. The van der Waals surface area contributed by atoms with Crippen LogP contribution in [0.25, 0.3) is 16.6 Å². The number of amides is 1. The van der Waals surface area contributed by atoms with Gasteiger partial charge in [-0.25, -0.2) is 9.37 Å². The number of hydrogen-bond donors (Lipinski definition) is 1. The normalized spacial score (nSPS) is 11.6. The first-order chi connectivity index (χ1) is 14.5. The minimum Gasteiger partial charge on any atom is -0.470 e. The van der Waals surface area contributed by atoms with E-state index in [2.05, 4.69) is 4.98 Å². The number of rotatable bonds is 5. The van der Waals surface area contributed by atoms with E-state index in [1.165, 1.54) is 10.6 Å². The van der Waals surface area contributed by atoms with Crippen molar-refractivity contribution in [2.24, 2.45) is 0 Å². The van der Waals surface area contributed by atoms with E-state index >= 15 is 0 Å². The molecule has 0 aliphatic rings. The van der Waals surface area contributed by atoms with Gasteiger partial charge in [-0.05, 0) is 19.1 Å². The molecule has 164 valence electrons. The Bertz CT molecular complexity index is 1240. The van der Waals surface area contributed by atoms with E-state index in [0.29, 0.717) is 5.69 Å². The Kier molecular flexibility index (Phi) is 6.40. The number of carbonyl (C=O) groups is 1. The van der Waals surface area contributed by atoms with E-state index in [4.69, 9.17) is 39.5 Å². The summed E-state index contributed by atoms with van der Waals surface area (Å²) in [5.41, 5.74) is -0.189. The fraction of sp³-hybridized carbons (Fsp3) is 0.211. The molecule has 2 aromatic heterocycles. The molecule has 1 amide bonds. The maximum Gasteiger partial charge on any atom is 0.357 e. The Labute approximate surface area is 188 Å². The second-order valence-electron chi connectivity index (χ2n) is 6.41. The van der Waals surface area contributed by atoms with Gasteiger partial charge in [0.1, 0.15) is 11.2 Å². The molecule has 0 spiro atoms. The number of nitrogens with zero attached hydrogens (tertiary/aromatic N) is 2. The molecule has 0 bridgehead atoms. The van der Waals surface area contributed by atoms with E-state index < -0.39 is 35.6 Å². The minimum absolute atomic E-state index is 0.00957. The van der Waals surface area contributed by atoms with Crippen molar-refractivity contribution in [3.8, 4) is 11.6 Å². The number of halogens is 6. The van der Waals surface area contributed by atoms with Crippen molar-refractivity contribution in [2.75, 3.05) is 13.7 Å².